The molecule has 13 heteroatoms. The monoisotopic (exact) mass is 391 g/mol. The number of hydrogen-bond donors (Lipinski definition) is 1. The molecule has 0 unspecified atom stereocenters. The molecular weight excluding hydrogens is 387 g/mol. The van der Waals surface area contributed by atoms with Crippen LogP contribution in [0.4, 0.5) is 36.4 Å². The predicted octanol–water partition coefficient (Wildman–Crippen LogP) is 4.74. The molecule has 0 atom stereocenters. The van der Waals surface area contributed by atoms with E-state index >= 15 is 0 Å². The Labute approximate surface area is 138 Å². The summed E-state index contributed by atoms with van der Waals surface area (Å²) in [5.41, 5.74) is -6.88. The Balaban J connectivity index is 2.57. The molecule has 2 aromatic rings. The van der Waals surface area contributed by atoms with Crippen molar-refractivity contribution < 1.29 is 35.7 Å². The van der Waals surface area contributed by atoms with Gasteiger partial charge >= 0.3 is 12.4 Å². The molecule has 0 amide bonds. The molecule has 0 bridgehead atoms. The number of benzene rings is 1. The van der Waals surface area contributed by atoms with Crippen molar-refractivity contribution in [3.8, 4) is 0 Å². The largest absolute Gasteiger partial charge is 0.433 e. The van der Waals surface area contributed by atoms with Crippen LogP contribution in [0.25, 0.3) is 0 Å². The van der Waals surface area contributed by atoms with Crippen LogP contribution in [-0.2, 0) is 18.8 Å². The van der Waals surface area contributed by atoms with Crippen molar-refractivity contribution in [1.82, 2.24) is 10.2 Å². The third-order valence-electron chi connectivity index (χ3n) is 3.08. The molecule has 0 aliphatic carbocycles. The summed E-state index contributed by atoms with van der Waals surface area (Å²) in [7, 11) is 0. The highest BCUT2D eigenvalue weighted by Gasteiger charge is 2.47. The van der Waals surface area contributed by atoms with Gasteiger partial charge in [0.2, 0.25) is 0 Å². The zero-order valence-corrected chi connectivity index (χ0v) is 12.4. The van der Waals surface area contributed by atoms with Gasteiger partial charge in [0.25, 0.3) is 5.69 Å². The van der Waals surface area contributed by atoms with Crippen LogP contribution in [0.15, 0.2) is 12.1 Å². The molecule has 0 spiro atoms. The Hall–Kier alpha value is -2.37. The highest BCUT2D eigenvalue weighted by molar-refractivity contribution is 6.32. The fourth-order valence-electron chi connectivity index (χ4n) is 2.05. The van der Waals surface area contributed by atoms with Crippen molar-refractivity contribution in [2.45, 2.75) is 18.8 Å². The predicted molar refractivity (Wildman–Crippen MR) is 69.5 cm³/mol. The van der Waals surface area contributed by atoms with E-state index in [-0.39, 0.29) is 0 Å². The fraction of sp³-hybridized carbons (Fsp3) is 0.250. The maximum Gasteiger partial charge on any atom is 0.433 e. The molecule has 1 aromatic heterocycles. The number of aromatic nitrogens is 2. The first-order valence-corrected chi connectivity index (χ1v) is 6.54. The van der Waals surface area contributed by atoms with Crippen LogP contribution in [0.2, 0.25) is 5.02 Å². The second kappa shape index (κ2) is 6.17. The number of nitrogens with one attached hydrogen (secondary N) is 1. The lowest BCUT2D eigenvalue weighted by Crippen LogP contribution is -2.17. The Kier molecular flexibility index (Phi) is 4.68. The quantitative estimate of drug-likeness (QED) is 0.467. The van der Waals surface area contributed by atoms with Crippen molar-refractivity contribution >= 4 is 17.3 Å². The van der Waals surface area contributed by atoms with E-state index in [4.69, 9.17) is 11.6 Å². The molecule has 1 N–H and O–H groups in total. The third-order valence-corrected chi connectivity index (χ3v) is 3.38. The zero-order valence-electron chi connectivity index (χ0n) is 11.6. The average Bonchev–Trinajstić information content (AvgIpc) is 2.85. The second-order valence-corrected chi connectivity index (χ2v) is 5.15. The van der Waals surface area contributed by atoms with Gasteiger partial charge in [0.15, 0.2) is 5.69 Å². The molecule has 0 saturated carbocycles. The highest BCUT2D eigenvalue weighted by atomic mass is 35.5. The fourth-order valence-corrected chi connectivity index (χ4v) is 2.27. The minimum atomic E-state index is -5.43. The first-order valence-electron chi connectivity index (χ1n) is 6.16. The molecule has 2 rings (SSSR count). The van der Waals surface area contributed by atoms with Gasteiger partial charge in [-0.15, -0.1) is 0 Å². The van der Waals surface area contributed by atoms with Crippen molar-refractivity contribution in [2.24, 2.45) is 0 Å². The number of H-pyrrole nitrogens is 1. The molecular formula is C12H5ClF7N3O2. The van der Waals surface area contributed by atoms with Gasteiger partial charge in [-0.05, 0) is 6.07 Å². The lowest BCUT2D eigenvalue weighted by molar-refractivity contribution is -0.384. The van der Waals surface area contributed by atoms with E-state index in [1.165, 1.54) is 5.10 Å². The molecule has 25 heavy (non-hydrogen) atoms. The van der Waals surface area contributed by atoms with E-state index in [1.807, 2.05) is 0 Å². The van der Waals surface area contributed by atoms with Crippen molar-refractivity contribution in [3.05, 3.63) is 55.6 Å². The SMILES string of the molecule is O=[N+]([O-])c1cc(Cc2n[nH]c(C(F)(F)F)c2C(F)(F)F)c(F)cc1Cl. The summed E-state index contributed by atoms with van der Waals surface area (Å²) in [5.74, 6) is -1.22. The van der Waals surface area contributed by atoms with Gasteiger partial charge in [-0.2, -0.15) is 31.4 Å². The Morgan fingerprint density at radius 2 is 1.76 bits per heavy atom. The van der Waals surface area contributed by atoms with Gasteiger partial charge in [-0.3, -0.25) is 15.2 Å². The lowest BCUT2D eigenvalue weighted by atomic mass is 10.0. The zero-order chi connectivity index (χ0) is 19.2. The first-order chi connectivity index (χ1) is 11.3. The van der Waals surface area contributed by atoms with Gasteiger partial charge in [0, 0.05) is 18.1 Å². The van der Waals surface area contributed by atoms with Crippen LogP contribution >= 0.6 is 11.6 Å². The van der Waals surface area contributed by atoms with Crippen LogP contribution in [0.1, 0.15) is 22.5 Å². The van der Waals surface area contributed by atoms with E-state index in [9.17, 15) is 40.8 Å². The number of nitrogens with zero attached hydrogens (tertiary/aromatic N) is 2. The van der Waals surface area contributed by atoms with Gasteiger partial charge in [-0.25, -0.2) is 4.39 Å². The minimum Gasteiger partial charge on any atom is -0.273 e. The summed E-state index contributed by atoms with van der Waals surface area (Å²) < 4.78 is 90.7. The molecule has 5 nitrogen and oxygen atoms in total. The van der Waals surface area contributed by atoms with E-state index in [0.717, 1.165) is 0 Å². The maximum atomic E-state index is 13.8. The van der Waals surface area contributed by atoms with Crippen LogP contribution in [0.5, 0.6) is 0 Å². The Bertz CT molecular complexity index is 829. The van der Waals surface area contributed by atoms with Crippen molar-refractivity contribution in [1.29, 1.82) is 0 Å². The van der Waals surface area contributed by atoms with Gasteiger partial charge in [-0.1, -0.05) is 11.6 Å². The molecule has 0 fully saturated rings. The van der Waals surface area contributed by atoms with Crippen LogP contribution in [0.3, 0.4) is 0 Å². The summed E-state index contributed by atoms with van der Waals surface area (Å²) in [6.45, 7) is 0. The van der Waals surface area contributed by atoms with Gasteiger partial charge < -0.3 is 0 Å². The molecule has 1 aromatic carbocycles. The molecule has 0 aliphatic rings. The highest BCUT2D eigenvalue weighted by Crippen LogP contribution is 2.41. The van der Waals surface area contributed by atoms with Gasteiger partial charge in [0.1, 0.15) is 16.4 Å². The van der Waals surface area contributed by atoms with Gasteiger partial charge in [0.05, 0.1) is 10.6 Å². The number of alkyl halides is 6. The summed E-state index contributed by atoms with van der Waals surface area (Å²) in [6, 6.07) is 1.03. The van der Waals surface area contributed by atoms with Crippen LogP contribution in [-0.4, -0.2) is 15.1 Å². The second-order valence-electron chi connectivity index (χ2n) is 4.74. The third kappa shape index (κ3) is 3.83. The van der Waals surface area contributed by atoms with Crippen molar-refractivity contribution in [2.75, 3.05) is 0 Å². The summed E-state index contributed by atoms with van der Waals surface area (Å²) >= 11 is 5.44. The number of rotatable bonds is 3. The normalized spacial score (nSPS) is 12.5. The van der Waals surface area contributed by atoms with E-state index in [0.29, 0.717) is 12.1 Å². The molecule has 0 radical (unpaired) electrons. The smallest absolute Gasteiger partial charge is 0.273 e. The minimum absolute atomic E-state index is 0.486. The van der Waals surface area contributed by atoms with Crippen LogP contribution in [0, 0.1) is 15.9 Å². The number of hydrogen-bond acceptors (Lipinski definition) is 3. The standard InChI is InChI=1S/C12H5ClF7N3O2/c13-5-3-6(14)4(2-8(5)23(24)25)1-7-9(11(15,16)17)10(22-21-7)12(18,19)20/h2-3H,1H2,(H,21,22). The first kappa shape index (κ1) is 19.0. The van der Waals surface area contributed by atoms with E-state index in [1.54, 1.807) is 0 Å². The molecule has 136 valence electrons. The van der Waals surface area contributed by atoms with E-state index in [2.05, 4.69) is 5.10 Å². The topological polar surface area (TPSA) is 71.8 Å². The average molecular weight is 392 g/mol. The number of nitro benzene ring substituents is 1. The lowest BCUT2D eigenvalue weighted by Gasteiger charge is -2.12. The number of halogens is 8. The molecule has 0 aliphatic heterocycles. The maximum absolute atomic E-state index is 13.8. The summed E-state index contributed by atoms with van der Waals surface area (Å²) in [5, 5.41) is 14.3. The Morgan fingerprint density at radius 1 is 1.16 bits per heavy atom. The van der Waals surface area contributed by atoms with E-state index < -0.39 is 62.7 Å². The number of nitro groups is 1. The summed E-state index contributed by atoms with van der Waals surface area (Å²) in [4.78, 5) is 9.74. The summed E-state index contributed by atoms with van der Waals surface area (Å²) in [6.07, 6.45) is -11.9. The Morgan fingerprint density at radius 3 is 2.24 bits per heavy atom. The number of aromatic amines is 1. The van der Waals surface area contributed by atoms with Crippen LogP contribution < -0.4 is 0 Å². The molecule has 1 heterocycles. The molecule has 0 saturated heterocycles. The van der Waals surface area contributed by atoms with Crippen molar-refractivity contribution in [3.63, 3.8) is 0 Å².